The first-order valence-electron chi connectivity index (χ1n) is 4.34. The second kappa shape index (κ2) is 3.46. The first-order chi connectivity index (χ1) is 7.02. The third kappa shape index (κ3) is 1.95. The Morgan fingerprint density at radius 2 is 2.07 bits per heavy atom. The molecule has 2 nitrogen and oxygen atoms in total. The molecular weight excluding hydrogens is 266 g/mol. The van der Waals surface area contributed by atoms with Gasteiger partial charge in [-0.2, -0.15) is 5.26 Å². The monoisotopic (exact) mass is 272 g/mol. The fraction of sp³-hybridized carbons (Fsp3) is 0.300. The van der Waals surface area contributed by atoms with Crippen LogP contribution in [0.5, 0.6) is 0 Å². The molecular formula is C10H7BrF2N2. The van der Waals surface area contributed by atoms with Gasteiger partial charge in [0.2, 0.25) is 0 Å². The third-order valence-corrected chi connectivity index (χ3v) is 2.76. The van der Waals surface area contributed by atoms with Gasteiger partial charge in [-0.25, -0.2) is 8.78 Å². The standard InChI is InChI=1S/C10H7BrF2N2/c11-8-2-1-7(4-14)9(3-8)15-5-10(12,13)6-15/h1-3H,5-6H2. The van der Waals surface area contributed by atoms with Gasteiger partial charge in [0.25, 0.3) is 5.92 Å². The third-order valence-electron chi connectivity index (χ3n) is 2.27. The molecule has 0 aromatic heterocycles. The van der Waals surface area contributed by atoms with E-state index in [4.69, 9.17) is 5.26 Å². The molecule has 15 heavy (non-hydrogen) atoms. The largest absolute Gasteiger partial charge is 0.358 e. The van der Waals surface area contributed by atoms with Crippen LogP contribution in [-0.2, 0) is 0 Å². The molecule has 0 aliphatic carbocycles. The van der Waals surface area contributed by atoms with Gasteiger partial charge in [0.1, 0.15) is 6.07 Å². The van der Waals surface area contributed by atoms with E-state index in [0.717, 1.165) is 4.47 Å². The number of hydrogen-bond donors (Lipinski definition) is 0. The smallest absolute Gasteiger partial charge is 0.282 e. The summed E-state index contributed by atoms with van der Waals surface area (Å²) in [6.07, 6.45) is 0. The van der Waals surface area contributed by atoms with Crippen molar-refractivity contribution in [2.75, 3.05) is 18.0 Å². The van der Waals surface area contributed by atoms with Crippen LogP contribution in [0.25, 0.3) is 0 Å². The number of hydrogen-bond acceptors (Lipinski definition) is 2. The predicted octanol–water partition coefficient (Wildman–Crippen LogP) is 2.78. The highest BCUT2D eigenvalue weighted by molar-refractivity contribution is 9.10. The van der Waals surface area contributed by atoms with Crippen LogP contribution in [0.15, 0.2) is 22.7 Å². The molecule has 0 spiro atoms. The molecule has 0 saturated carbocycles. The molecule has 1 aromatic carbocycles. The summed E-state index contributed by atoms with van der Waals surface area (Å²) in [5.41, 5.74) is 0.992. The van der Waals surface area contributed by atoms with E-state index in [1.165, 1.54) is 4.90 Å². The minimum absolute atomic E-state index is 0.307. The minimum Gasteiger partial charge on any atom is -0.358 e. The lowest BCUT2D eigenvalue weighted by Gasteiger charge is -2.40. The second-order valence-corrected chi connectivity index (χ2v) is 4.40. The summed E-state index contributed by atoms with van der Waals surface area (Å²) in [6, 6.07) is 7.02. The molecule has 2 rings (SSSR count). The van der Waals surface area contributed by atoms with Gasteiger partial charge in [0.15, 0.2) is 0 Å². The van der Waals surface area contributed by atoms with Crippen molar-refractivity contribution in [3.05, 3.63) is 28.2 Å². The predicted molar refractivity (Wildman–Crippen MR) is 56.0 cm³/mol. The van der Waals surface area contributed by atoms with Crippen LogP contribution in [-0.4, -0.2) is 19.0 Å². The van der Waals surface area contributed by atoms with E-state index in [1.807, 2.05) is 6.07 Å². The van der Waals surface area contributed by atoms with E-state index in [2.05, 4.69) is 15.9 Å². The lowest BCUT2D eigenvalue weighted by molar-refractivity contribution is -0.0262. The Labute approximate surface area is 94.2 Å². The van der Waals surface area contributed by atoms with Crippen molar-refractivity contribution in [3.8, 4) is 6.07 Å². The van der Waals surface area contributed by atoms with E-state index < -0.39 is 5.92 Å². The number of rotatable bonds is 1. The SMILES string of the molecule is N#Cc1ccc(Br)cc1N1CC(F)(F)C1. The summed E-state index contributed by atoms with van der Waals surface area (Å²) < 4.78 is 26.1. The van der Waals surface area contributed by atoms with E-state index >= 15 is 0 Å². The maximum Gasteiger partial charge on any atom is 0.282 e. The maximum absolute atomic E-state index is 12.7. The van der Waals surface area contributed by atoms with E-state index in [9.17, 15) is 8.78 Å². The Morgan fingerprint density at radius 3 is 2.60 bits per heavy atom. The summed E-state index contributed by atoms with van der Waals surface area (Å²) in [6.45, 7) is -0.615. The fourth-order valence-corrected chi connectivity index (χ4v) is 1.89. The molecule has 1 saturated heterocycles. The van der Waals surface area contributed by atoms with Crippen LogP contribution >= 0.6 is 15.9 Å². The highest BCUT2D eigenvalue weighted by Gasteiger charge is 2.44. The van der Waals surface area contributed by atoms with Crippen molar-refractivity contribution in [3.63, 3.8) is 0 Å². The second-order valence-electron chi connectivity index (χ2n) is 3.49. The van der Waals surface area contributed by atoms with Gasteiger partial charge in [0.05, 0.1) is 24.3 Å². The van der Waals surface area contributed by atoms with Crippen LogP contribution < -0.4 is 4.90 Å². The highest BCUT2D eigenvalue weighted by atomic mass is 79.9. The van der Waals surface area contributed by atoms with Crippen molar-refractivity contribution < 1.29 is 8.78 Å². The quantitative estimate of drug-likeness (QED) is 0.786. The average molecular weight is 273 g/mol. The molecule has 0 N–H and O–H groups in total. The average Bonchev–Trinajstić information content (AvgIpc) is 2.14. The number of benzene rings is 1. The van der Waals surface area contributed by atoms with Crippen LogP contribution in [0.4, 0.5) is 14.5 Å². The van der Waals surface area contributed by atoms with Crippen LogP contribution in [0.3, 0.4) is 0 Å². The number of nitrogens with zero attached hydrogens (tertiary/aromatic N) is 2. The van der Waals surface area contributed by atoms with Crippen molar-refractivity contribution in [1.82, 2.24) is 0 Å². The van der Waals surface area contributed by atoms with E-state index in [0.29, 0.717) is 11.3 Å². The Morgan fingerprint density at radius 1 is 1.40 bits per heavy atom. The van der Waals surface area contributed by atoms with Crippen molar-refractivity contribution in [2.45, 2.75) is 5.92 Å². The molecule has 0 amide bonds. The zero-order valence-electron chi connectivity index (χ0n) is 7.67. The molecule has 1 aliphatic heterocycles. The normalized spacial score (nSPS) is 18.1. The lowest BCUT2D eigenvalue weighted by atomic mass is 10.1. The molecule has 1 heterocycles. The summed E-state index contributed by atoms with van der Waals surface area (Å²) in [5, 5.41) is 8.83. The first kappa shape index (κ1) is 10.4. The van der Waals surface area contributed by atoms with Crippen LogP contribution in [0.1, 0.15) is 5.56 Å². The molecule has 1 fully saturated rings. The molecule has 0 bridgehead atoms. The van der Waals surface area contributed by atoms with Crippen molar-refractivity contribution in [1.29, 1.82) is 5.26 Å². The molecule has 1 aromatic rings. The topological polar surface area (TPSA) is 27.0 Å². The fourth-order valence-electron chi connectivity index (χ4n) is 1.54. The maximum atomic E-state index is 12.7. The van der Waals surface area contributed by atoms with Gasteiger partial charge in [-0.1, -0.05) is 15.9 Å². The number of alkyl halides is 2. The van der Waals surface area contributed by atoms with Crippen molar-refractivity contribution >= 4 is 21.6 Å². The molecule has 0 unspecified atom stereocenters. The molecule has 5 heteroatoms. The van der Waals surface area contributed by atoms with Crippen LogP contribution in [0.2, 0.25) is 0 Å². The Hall–Kier alpha value is -1.15. The minimum atomic E-state index is -2.62. The number of halogens is 3. The molecule has 0 atom stereocenters. The Balaban J connectivity index is 2.29. The molecule has 0 radical (unpaired) electrons. The van der Waals surface area contributed by atoms with Gasteiger partial charge >= 0.3 is 0 Å². The van der Waals surface area contributed by atoms with E-state index in [1.54, 1.807) is 18.2 Å². The van der Waals surface area contributed by atoms with Gasteiger partial charge < -0.3 is 4.90 Å². The van der Waals surface area contributed by atoms with Gasteiger partial charge in [-0.05, 0) is 18.2 Å². The summed E-state index contributed by atoms with van der Waals surface area (Å²) in [5.74, 6) is -2.62. The van der Waals surface area contributed by atoms with Crippen LogP contribution in [0, 0.1) is 11.3 Å². The lowest BCUT2D eigenvalue weighted by Crippen LogP contribution is -2.56. The van der Waals surface area contributed by atoms with Gasteiger partial charge in [-0.3, -0.25) is 0 Å². The zero-order chi connectivity index (χ0) is 11.1. The Kier molecular flexibility index (Phi) is 2.39. The number of nitriles is 1. The van der Waals surface area contributed by atoms with Crippen molar-refractivity contribution in [2.24, 2.45) is 0 Å². The van der Waals surface area contributed by atoms with E-state index in [-0.39, 0.29) is 13.1 Å². The molecule has 1 aliphatic rings. The Bertz CT molecular complexity index is 432. The first-order valence-corrected chi connectivity index (χ1v) is 5.13. The summed E-state index contributed by atoms with van der Waals surface area (Å²) in [7, 11) is 0. The highest BCUT2D eigenvalue weighted by Crippen LogP contribution is 2.34. The summed E-state index contributed by atoms with van der Waals surface area (Å²) in [4.78, 5) is 1.50. The van der Waals surface area contributed by atoms with Gasteiger partial charge in [0, 0.05) is 4.47 Å². The number of anilines is 1. The zero-order valence-corrected chi connectivity index (χ0v) is 9.26. The van der Waals surface area contributed by atoms with Gasteiger partial charge in [-0.15, -0.1) is 0 Å². The molecule has 78 valence electrons. The summed E-state index contributed by atoms with van der Waals surface area (Å²) >= 11 is 3.25.